The van der Waals surface area contributed by atoms with Crippen LogP contribution in [0, 0.1) is 5.82 Å². The van der Waals surface area contributed by atoms with Gasteiger partial charge in [-0.15, -0.1) is 0 Å². The second-order valence-corrected chi connectivity index (χ2v) is 4.02. The second kappa shape index (κ2) is 3.90. The lowest BCUT2D eigenvalue weighted by atomic mass is 10.1. The first-order valence-corrected chi connectivity index (χ1v) is 5.12. The van der Waals surface area contributed by atoms with Gasteiger partial charge in [0, 0.05) is 0 Å². The minimum absolute atomic E-state index is 0.208. The number of halogens is 1. The molecule has 0 unspecified atom stereocenters. The zero-order valence-corrected chi connectivity index (χ0v) is 8.68. The molecule has 82 valence electrons. The van der Waals surface area contributed by atoms with Crippen LogP contribution in [0.2, 0.25) is 0 Å². The molecule has 0 aliphatic heterocycles. The molecule has 0 saturated heterocycles. The summed E-state index contributed by atoms with van der Waals surface area (Å²) < 4.78 is 13.0. The van der Waals surface area contributed by atoms with Gasteiger partial charge in [0.1, 0.15) is 11.5 Å². The van der Waals surface area contributed by atoms with E-state index in [9.17, 15) is 14.0 Å². The Bertz CT molecular complexity index is 602. The van der Waals surface area contributed by atoms with Gasteiger partial charge in [-0.1, -0.05) is 23.5 Å². The highest BCUT2D eigenvalue weighted by Gasteiger charge is 2.16. The quantitative estimate of drug-likeness (QED) is 0.841. The van der Waals surface area contributed by atoms with Gasteiger partial charge in [0.2, 0.25) is 0 Å². The summed E-state index contributed by atoms with van der Waals surface area (Å²) in [7, 11) is 0. The number of benzene rings is 1. The SMILES string of the molecule is O=C(O)c1[nH]c(=O)sc1-c1cccc(F)c1. The fourth-order valence-electron chi connectivity index (χ4n) is 1.31. The van der Waals surface area contributed by atoms with E-state index in [1.165, 1.54) is 18.2 Å². The molecule has 0 aliphatic rings. The first-order valence-electron chi connectivity index (χ1n) is 4.30. The largest absolute Gasteiger partial charge is 0.477 e. The lowest BCUT2D eigenvalue weighted by molar-refractivity contribution is 0.0692. The predicted molar refractivity (Wildman–Crippen MR) is 57.3 cm³/mol. The molecule has 0 amide bonds. The van der Waals surface area contributed by atoms with Crippen molar-refractivity contribution in [2.24, 2.45) is 0 Å². The van der Waals surface area contributed by atoms with E-state index in [1.807, 2.05) is 0 Å². The molecule has 0 radical (unpaired) electrons. The minimum Gasteiger partial charge on any atom is -0.477 e. The Morgan fingerprint density at radius 2 is 2.19 bits per heavy atom. The number of hydrogen-bond donors (Lipinski definition) is 2. The van der Waals surface area contributed by atoms with Crippen molar-refractivity contribution in [2.45, 2.75) is 0 Å². The van der Waals surface area contributed by atoms with Gasteiger partial charge in [0.15, 0.2) is 0 Å². The van der Waals surface area contributed by atoms with Gasteiger partial charge in [-0.3, -0.25) is 4.79 Å². The average molecular weight is 239 g/mol. The third-order valence-electron chi connectivity index (χ3n) is 1.95. The normalized spacial score (nSPS) is 10.3. The van der Waals surface area contributed by atoms with E-state index in [-0.39, 0.29) is 10.6 Å². The zero-order valence-electron chi connectivity index (χ0n) is 7.86. The Balaban J connectivity index is 2.64. The van der Waals surface area contributed by atoms with Crippen LogP contribution in [0.5, 0.6) is 0 Å². The number of H-pyrrole nitrogens is 1. The monoisotopic (exact) mass is 239 g/mol. The van der Waals surface area contributed by atoms with Crippen LogP contribution in [0.3, 0.4) is 0 Å². The number of hydrogen-bond acceptors (Lipinski definition) is 3. The van der Waals surface area contributed by atoms with E-state index < -0.39 is 16.7 Å². The highest BCUT2D eigenvalue weighted by molar-refractivity contribution is 7.13. The maximum absolute atomic E-state index is 13.0. The minimum atomic E-state index is -1.24. The lowest BCUT2D eigenvalue weighted by Gasteiger charge is -1.98. The van der Waals surface area contributed by atoms with E-state index in [1.54, 1.807) is 6.07 Å². The van der Waals surface area contributed by atoms with Crippen molar-refractivity contribution < 1.29 is 14.3 Å². The number of aromatic carboxylic acids is 1. The molecule has 0 aliphatic carbocycles. The Morgan fingerprint density at radius 3 is 2.81 bits per heavy atom. The average Bonchev–Trinajstić information content (AvgIpc) is 2.60. The topological polar surface area (TPSA) is 70.2 Å². The summed E-state index contributed by atoms with van der Waals surface area (Å²) in [6.07, 6.45) is 0. The number of rotatable bonds is 2. The van der Waals surface area contributed by atoms with Crippen LogP contribution in [-0.2, 0) is 0 Å². The van der Waals surface area contributed by atoms with Gasteiger partial charge in [0.05, 0.1) is 4.88 Å². The van der Waals surface area contributed by atoms with Gasteiger partial charge >= 0.3 is 10.8 Å². The molecule has 1 aromatic carbocycles. The predicted octanol–water partition coefficient (Wildman–Crippen LogP) is 1.94. The molecule has 1 aromatic heterocycles. The highest BCUT2D eigenvalue weighted by atomic mass is 32.1. The van der Waals surface area contributed by atoms with E-state index in [0.717, 1.165) is 11.3 Å². The van der Waals surface area contributed by atoms with Crippen LogP contribution in [0.1, 0.15) is 10.5 Å². The van der Waals surface area contributed by atoms with Gasteiger partial charge in [0.25, 0.3) is 0 Å². The van der Waals surface area contributed by atoms with Crippen molar-refractivity contribution in [3.05, 3.63) is 45.4 Å². The van der Waals surface area contributed by atoms with Gasteiger partial charge < -0.3 is 10.1 Å². The van der Waals surface area contributed by atoms with E-state index in [0.29, 0.717) is 5.56 Å². The standard InChI is InChI=1S/C10H6FNO3S/c11-6-3-1-2-5(4-6)8-7(9(13)14)12-10(15)16-8/h1-4H,(H,12,15)(H,13,14). The summed E-state index contributed by atoms with van der Waals surface area (Å²) in [4.78, 5) is 23.9. The summed E-state index contributed by atoms with van der Waals surface area (Å²) in [5.74, 6) is -1.72. The molecule has 0 fully saturated rings. The molecular formula is C10H6FNO3S. The third-order valence-corrected chi connectivity index (χ3v) is 2.88. The maximum Gasteiger partial charge on any atom is 0.353 e. The summed E-state index contributed by atoms with van der Waals surface area (Å²) >= 11 is 0.746. The molecule has 0 spiro atoms. The van der Waals surface area contributed by atoms with Crippen LogP contribution < -0.4 is 4.87 Å². The van der Waals surface area contributed by atoms with Crippen molar-refractivity contribution in [1.29, 1.82) is 0 Å². The number of carboxylic acids is 1. The van der Waals surface area contributed by atoms with Crippen LogP contribution in [0.15, 0.2) is 29.1 Å². The first-order chi connectivity index (χ1) is 7.58. The van der Waals surface area contributed by atoms with Crippen molar-refractivity contribution in [3.8, 4) is 10.4 Å². The molecule has 0 bridgehead atoms. The Kier molecular flexibility index (Phi) is 2.57. The zero-order chi connectivity index (χ0) is 11.7. The maximum atomic E-state index is 13.0. The van der Waals surface area contributed by atoms with Crippen molar-refractivity contribution in [1.82, 2.24) is 4.98 Å². The van der Waals surface area contributed by atoms with Gasteiger partial charge in [-0.2, -0.15) is 0 Å². The Labute approximate surface area is 93.0 Å². The van der Waals surface area contributed by atoms with Crippen molar-refractivity contribution in [2.75, 3.05) is 0 Å². The van der Waals surface area contributed by atoms with Crippen LogP contribution in [-0.4, -0.2) is 16.1 Å². The summed E-state index contributed by atoms with van der Waals surface area (Å²) in [5, 5.41) is 8.85. The first kappa shape index (κ1) is 10.6. The lowest BCUT2D eigenvalue weighted by Crippen LogP contribution is -2.02. The molecule has 2 N–H and O–H groups in total. The third kappa shape index (κ3) is 1.87. The summed E-state index contributed by atoms with van der Waals surface area (Å²) in [5.41, 5.74) is 0.168. The molecule has 1 heterocycles. The van der Waals surface area contributed by atoms with E-state index >= 15 is 0 Å². The number of nitrogens with one attached hydrogen (secondary N) is 1. The second-order valence-electron chi connectivity index (χ2n) is 3.03. The van der Waals surface area contributed by atoms with E-state index in [2.05, 4.69) is 4.98 Å². The summed E-state index contributed by atoms with van der Waals surface area (Å²) in [6.45, 7) is 0. The number of thiazole rings is 1. The summed E-state index contributed by atoms with van der Waals surface area (Å²) in [6, 6.07) is 5.44. The smallest absolute Gasteiger partial charge is 0.353 e. The Hall–Kier alpha value is -1.95. The molecule has 16 heavy (non-hydrogen) atoms. The number of aromatic amines is 1. The fraction of sp³-hybridized carbons (Fsp3) is 0. The van der Waals surface area contributed by atoms with Crippen molar-refractivity contribution >= 4 is 17.3 Å². The highest BCUT2D eigenvalue weighted by Crippen LogP contribution is 2.25. The molecule has 4 nitrogen and oxygen atoms in total. The van der Waals surface area contributed by atoms with E-state index in [4.69, 9.17) is 5.11 Å². The number of carboxylic acid groups (broad SMARTS) is 1. The van der Waals surface area contributed by atoms with Crippen LogP contribution >= 0.6 is 11.3 Å². The van der Waals surface area contributed by atoms with Gasteiger partial charge in [-0.25, -0.2) is 9.18 Å². The molecule has 2 aromatic rings. The van der Waals surface area contributed by atoms with Crippen LogP contribution in [0.25, 0.3) is 10.4 Å². The number of aromatic nitrogens is 1. The molecule has 0 saturated carbocycles. The fourth-order valence-corrected chi connectivity index (χ4v) is 2.14. The number of carbonyl (C=O) groups is 1. The molecular weight excluding hydrogens is 233 g/mol. The Morgan fingerprint density at radius 1 is 1.44 bits per heavy atom. The molecule has 6 heteroatoms. The molecule has 2 rings (SSSR count). The molecule has 0 atom stereocenters. The van der Waals surface area contributed by atoms with Crippen molar-refractivity contribution in [3.63, 3.8) is 0 Å². The van der Waals surface area contributed by atoms with Gasteiger partial charge in [-0.05, 0) is 17.7 Å². The van der Waals surface area contributed by atoms with Crippen LogP contribution in [0.4, 0.5) is 4.39 Å².